The Morgan fingerprint density at radius 3 is 2.45 bits per heavy atom. The molecule has 3 N–H and O–H groups in total. The maximum Gasteiger partial charge on any atom is 1.00 e. The predicted molar refractivity (Wildman–Crippen MR) is 38.6 cm³/mol. The average Bonchev–Trinajstić information content (AvgIpc) is 1.82. The Morgan fingerprint density at radius 1 is 1.73 bits per heavy atom. The number of rotatable bonds is 4. The normalized spacial score (nSPS) is 10.7. The molecule has 0 fully saturated rings. The van der Waals surface area contributed by atoms with Gasteiger partial charge in [-0.15, -0.1) is 0 Å². The number of hydrogen-bond acceptors (Lipinski definition) is 3. The summed E-state index contributed by atoms with van der Waals surface area (Å²) in [6, 6.07) is -0.683. The van der Waals surface area contributed by atoms with Crippen molar-refractivity contribution in [3.63, 3.8) is 0 Å². The Kier molecular flexibility index (Phi) is 18.1. The maximum absolute atomic E-state index is 10.1. The Balaban J connectivity index is -0.000000320. The molecule has 0 saturated carbocycles. The van der Waals surface area contributed by atoms with Gasteiger partial charge in [0.25, 0.3) is 0 Å². The summed E-state index contributed by atoms with van der Waals surface area (Å²) in [4.78, 5) is 10.1. The molecule has 0 bridgehead atoms. The Labute approximate surface area is 99.2 Å². The van der Waals surface area contributed by atoms with Gasteiger partial charge in [-0.3, -0.25) is 4.79 Å². The van der Waals surface area contributed by atoms with Gasteiger partial charge in [0.1, 0.15) is 6.04 Å². The van der Waals surface area contributed by atoms with Crippen LogP contribution in [0.3, 0.4) is 0 Å². The first kappa shape index (κ1) is 18.0. The van der Waals surface area contributed by atoms with Crippen LogP contribution in [-0.4, -0.2) is 29.1 Å². The molecule has 0 aliphatic heterocycles. The van der Waals surface area contributed by atoms with Gasteiger partial charge in [0, 0.05) is 0 Å². The van der Waals surface area contributed by atoms with Crippen LogP contribution >= 0.6 is 11.8 Å². The molecule has 0 rings (SSSR count). The molecule has 0 aromatic heterocycles. The van der Waals surface area contributed by atoms with Gasteiger partial charge in [-0.2, -0.15) is 11.8 Å². The second kappa shape index (κ2) is 11.1. The van der Waals surface area contributed by atoms with Gasteiger partial charge in [0.15, 0.2) is 0 Å². The fourth-order valence-electron chi connectivity index (χ4n) is 0.368. The minimum absolute atomic E-state index is 0. The number of thioether (sulfide) groups is 1. The molecule has 6 heteroatoms. The third-order valence-corrected chi connectivity index (χ3v) is 1.59. The van der Waals surface area contributed by atoms with Crippen LogP contribution in [0, 0.1) is 0 Å². The zero-order valence-corrected chi connectivity index (χ0v) is 10.3. The summed E-state index contributed by atoms with van der Waals surface area (Å²) in [5, 5.41) is 8.27. The van der Waals surface area contributed by atoms with E-state index in [1.165, 1.54) is 0 Å². The van der Waals surface area contributed by atoms with E-state index in [0.717, 1.165) is 5.75 Å². The van der Waals surface area contributed by atoms with E-state index in [0.29, 0.717) is 6.42 Å². The third-order valence-electron chi connectivity index (χ3n) is 0.950. The van der Waals surface area contributed by atoms with E-state index in [1.807, 2.05) is 6.26 Å². The minimum Gasteiger partial charge on any atom is -1.00 e. The van der Waals surface area contributed by atoms with Crippen molar-refractivity contribution in [2.45, 2.75) is 12.5 Å². The number of aliphatic carboxylic acids is 1. The Morgan fingerprint density at radius 2 is 2.18 bits per heavy atom. The van der Waals surface area contributed by atoms with Crippen molar-refractivity contribution in [2.24, 2.45) is 5.73 Å². The van der Waals surface area contributed by atoms with Crippen molar-refractivity contribution in [2.75, 3.05) is 12.0 Å². The van der Waals surface area contributed by atoms with Crippen LogP contribution in [0.25, 0.3) is 0 Å². The van der Waals surface area contributed by atoms with Gasteiger partial charge < -0.3 is 23.2 Å². The van der Waals surface area contributed by atoms with Gasteiger partial charge in [-0.25, -0.2) is 0 Å². The second-order valence-corrected chi connectivity index (χ2v) is 2.71. The van der Waals surface area contributed by atoms with Crippen molar-refractivity contribution in [1.82, 2.24) is 0 Å². The summed E-state index contributed by atoms with van der Waals surface area (Å²) in [7, 11) is 0. The first-order valence-corrected chi connectivity index (χ1v) is 4.05. The molecule has 0 heterocycles. The molecule has 0 amide bonds. The van der Waals surface area contributed by atoms with Gasteiger partial charge in [0.2, 0.25) is 0 Å². The summed E-state index contributed by atoms with van der Waals surface area (Å²) in [5.41, 5.74) is 5.19. The minimum atomic E-state index is -0.913. The van der Waals surface area contributed by atoms with Gasteiger partial charge in [-0.05, 0) is 18.4 Å². The van der Waals surface area contributed by atoms with Gasteiger partial charge in [0.05, 0.1) is 0 Å². The van der Waals surface area contributed by atoms with E-state index in [2.05, 4.69) is 0 Å². The Bertz CT molecular complexity index is 106. The van der Waals surface area contributed by atoms with Crippen molar-refractivity contribution < 1.29 is 51.9 Å². The molecule has 1 atom stereocenters. The maximum atomic E-state index is 10.1. The molecule has 62 valence electrons. The molecule has 0 spiro atoms. The number of halogens is 1. The van der Waals surface area contributed by atoms with Crippen molar-refractivity contribution in [1.29, 1.82) is 0 Å². The second-order valence-electron chi connectivity index (χ2n) is 1.73. The molecule has 11 heavy (non-hydrogen) atoms. The van der Waals surface area contributed by atoms with Crippen molar-refractivity contribution >= 4 is 17.7 Å². The topological polar surface area (TPSA) is 63.3 Å². The first-order chi connectivity index (χ1) is 4.18. The smallest absolute Gasteiger partial charge is 1.00 e. The molecule has 0 saturated heterocycles. The van der Waals surface area contributed by atoms with Crippen LogP contribution in [0.1, 0.15) is 6.42 Å². The molecule has 0 aliphatic carbocycles. The van der Waals surface area contributed by atoms with Gasteiger partial charge >= 0.3 is 35.5 Å². The summed E-state index contributed by atoms with van der Waals surface area (Å²) in [6.45, 7) is 0. The van der Waals surface area contributed by atoms with Crippen LogP contribution in [0.4, 0.5) is 0 Å². The Hall–Kier alpha value is 1.07. The number of hydrogen-bond donors (Lipinski definition) is 2. The van der Waals surface area contributed by atoms with Crippen LogP contribution in [0.5, 0.6) is 0 Å². The molecular weight excluding hydrogens is 197 g/mol. The fourth-order valence-corrected chi connectivity index (χ4v) is 0.858. The summed E-state index contributed by atoms with van der Waals surface area (Å²) in [6.07, 6.45) is 2.48. The number of nitrogens with two attached hydrogens (primary N) is 1. The fraction of sp³-hybridized carbons (Fsp3) is 0.800. The number of carboxylic acids is 1. The summed E-state index contributed by atoms with van der Waals surface area (Å²) in [5.74, 6) is -0.1000. The van der Waals surface area contributed by atoms with E-state index in [9.17, 15) is 4.79 Å². The molecule has 0 aromatic rings. The molecule has 0 radical (unpaired) electrons. The molecule has 0 aromatic carbocycles. The van der Waals surface area contributed by atoms with Crippen LogP contribution < -0.4 is 47.7 Å². The first-order valence-electron chi connectivity index (χ1n) is 2.65. The van der Waals surface area contributed by atoms with Crippen molar-refractivity contribution in [3.8, 4) is 0 Å². The molecule has 0 aliphatic rings. The number of carbonyl (C=O) groups is 1. The van der Waals surface area contributed by atoms with E-state index < -0.39 is 12.0 Å². The van der Waals surface area contributed by atoms with E-state index in [-0.39, 0.29) is 42.0 Å². The number of carboxylic acid groups (broad SMARTS) is 1. The molecular formula is C5H11ClNNaO2S. The molecule has 3 nitrogen and oxygen atoms in total. The summed E-state index contributed by atoms with van der Waals surface area (Å²) < 4.78 is 0. The van der Waals surface area contributed by atoms with Crippen molar-refractivity contribution in [3.05, 3.63) is 0 Å². The van der Waals surface area contributed by atoms with Crippen LogP contribution in [0.15, 0.2) is 0 Å². The van der Waals surface area contributed by atoms with E-state index >= 15 is 0 Å². The van der Waals surface area contributed by atoms with E-state index in [4.69, 9.17) is 10.8 Å². The SMILES string of the molecule is CSCCC(N)C(=O)O.[Cl-].[Na+]. The van der Waals surface area contributed by atoms with E-state index in [1.54, 1.807) is 11.8 Å². The third kappa shape index (κ3) is 11.1. The van der Waals surface area contributed by atoms with Crippen LogP contribution in [-0.2, 0) is 4.79 Å². The monoisotopic (exact) mass is 207 g/mol. The predicted octanol–water partition coefficient (Wildman–Crippen LogP) is -5.84. The summed E-state index contributed by atoms with van der Waals surface area (Å²) >= 11 is 1.60. The zero-order chi connectivity index (χ0) is 7.28. The van der Waals surface area contributed by atoms with Crippen LogP contribution in [0.2, 0.25) is 0 Å². The van der Waals surface area contributed by atoms with Gasteiger partial charge in [-0.1, -0.05) is 0 Å². The quantitative estimate of drug-likeness (QED) is 0.451. The molecule has 1 unspecified atom stereocenters. The standard InChI is InChI=1S/C5H11NO2S.ClH.Na/c1-9-3-2-4(6)5(7)8;;/h4H,2-3,6H2,1H3,(H,7,8);1H;/q;;+1/p-1. The largest absolute Gasteiger partial charge is 1.00 e. The average molecular weight is 208 g/mol. The zero-order valence-electron chi connectivity index (χ0n) is 6.71.